The van der Waals surface area contributed by atoms with Crippen LogP contribution in [0.5, 0.6) is 0 Å². The molecule has 0 amide bonds. The van der Waals surface area contributed by atoms with Gasteiger partial charge in [-0.1, -0.05) is 6.08 Å². The van der Waals surface area contributed by atoms with E-state index in [1.165, 1.54) is 0 Å². The summed E-state index contributed by atoms with van der Waals surface area (Å²) >= 11 is 0. The van der Waals surface area contributed by atoms with Crippen molar-refractivity contribution in [3.63, 3.8) is 0 Å². The number of aliphatic imine (C=N–C) groups is 1. The third-order valence-electron chi connectivity index (χ3n) is 1.08. The van der Waals surface area contributed by atoms with Gasteiger partial charge in [-0.15, -0.1) is 0 Å². The highest BCUT2D eigenvalue weighted by Crippen LogP contribution is 2.00. The molecule has 3 nitrogen and oxygen atoms in total. The highest BCUT2D eigenvalue weighted by molar-refractivity contribution is 5.78. The smallest absolute Gasteiger partial charge is 0.0965 e. The number of amidine groups is 1. The highest BCUT2D eigenvalue weighted by Gasteiger charge is 1.91. The number of dihydropyridines is 1. The van der Waals surface area contributed by atoms with Gasteiger partial charge in [0.25, 0.3) is 0 Å². The van der Waals surface area contributed by atoms with Crippen molar-refractivity contribution >= 4 is 5.84 Å². The summed E-state index contributed by atoms with van der Waals surface area (Å²) < 4.78 is 0. The molecule has 0 spiro atoms. The van der Waals surface area contributed by atoms with E-state index in [9.17, 15) is 0 Å². The molecule has 10 heavy (non-hydrogen) atoms. The van der Waals surface area contributed by atoms with Crippen molar-refractivity contribution in [3.8, 4) is 0 Å². The third-order valence-corrected chi connectivity index (χ3v) is 1.08. The molecule has 54 valence electrons. The molecule has 0 saturated carbocycles. The van der Waals surface area contributed by atoms with Crippen LogP contribution in [0.3, 0.4) is 0 Å². The number of nitrogens with one attached hydrogen (secondary N) is 1. The Morgan fingerprint density at radius 3 is 3.10 bits per heavy atom. The fourth-order valence-electron chi connectivity index (χ4n) is 0.732. The van der Waals surface area contributed by atoms with Crippen molar-refractivity contribution in [1.82, 2.24) is 5.32 Å². The number of nitrogens with two attached hydrogens (primary N) is 1. The number of allylic oxidation sites excluding steroid dienone is 1. The van der Waals surface area contributed by atoms with E-state index in [0.717, 1.165) is 12.2 Å². The van der Waals surface area contributed by atoms with Gasteiger partial charge in [0, 0.05) is 12.7 Å². The summed E-state index contributed by atoms with van der Waals surface area (Å²) in [6.07, 6.45) is 5.78. The standard InChI is InChI=1S/C7H11N3/c1-6(8)10-7-3-2-4-9-5-7/h2-3,5,9H,4H2,1H3,(H2,8,10). The molecule has 0 unspecified atom stereocenters. The van der Waals surface area contributed by atoms with Crippen LogP contribution in [0.25, 0.3) is 0 Å². The molecule has 1 heterocycles. The van der Waals surface area contributed by atoms with Crippen molar-refractivity contribution in [1.29, 1.82) is 0 Å². The summed E-state index contributed by atoms with van der Waals surface area (Å²) in [6.45, 7) is 2.64. The van der Waals surface area contributed by atoms with Gasteiger partial charge < -0.3 is 11.1 Å². The maximum absolute atomic E-state index is 5.37. The minimum Gasteiger partial charge on any atom is -0.387 e. The maximum atomic E-state index is 5.37. The van der Waals surface area contributed by atoms with Crippen molar-refractivity contribution in [3.05, 3.63) is 24.0 Å². The molecular formula is C7H11N3. The summed E-state index contributed by atoms with van der Waals surface area (Å²) in [7, 11) is 0. The molecule has 1 rings (SSSR count). The van der Waals surface area contributed by atoms with Gasteiger partial charge in [0.15, 0.2) is 0 Å². The van der Waals surface area contributed by atoms with Crippen LogP contribution in [0.4, 0.5) is 0 Å². The zero-order valence-corrected chi connectivity index (χ0v) is 5.96. The molecule has 0 fully saturated rings. The third kappa shape index (κ3) is 1.93. The van der Waals surface area contributed by atoms with Gasteiger partial charge in [-0.3, -0.25) is 0 Å². The van der Waals surface area contributed by atoms with E-state index >= 15 is 0 Å². The Hall–Kier alpha value is -1.25. The topological polar surface area (TPSA) is 50.4 Å². The quantitative estimate of drug-likeness (QED) is 0.405. The first-order valence-corrected chi connectivity index (χ1v) is 3.20. The fourth-order valence-corrected chi connectivity index (χ4v) is 0.732. The second kappa shape index (κ2) is 3.06. The molecule has 0 aromatic rings. The Morgan fingerprint density at radius 1 is 1.80 bits per heavy atom. The van der Waals surface area contributed by atoms with E-state index in [0.29, 0.717) is 5.84 Å². The molecule has 0 atom stereocenters. The van der Waals surface area contributed by atoms with Gasteiger partial charge in [-0.25, -0.2) is 4.99 Å². The minimum atomic E-state index is 0.583. The second-order valence-electron chi connectivity index (χ2n) is 2.13. The van der Waals surface area contributed by atoms with E-state index in [-0.39, 0.29) is 0 Å². The van der Waals surface area contributed by atoms with Gasteiger partial charge in [0.1, 0.15) is 0 Å². The van der Waals surface area contributed by atoms with Crippen LogP contribution in [0.1, 0.15) is 6.92 Å². The average Bonchev–Trinajstić information content (AvgIpc) is 1.88. The molecule has 0 bridgehead atoms. The zero-order valence-electron chi connectivity index (χ0n) is 5.96. The Bertz CT molecular complexity index is 197. The molecule has 0 aliphatic carbocycles. The lowest BCUT2D eigenvalue weighted by molar-refractivity contribution is 0.949. The molecule has 0 radical (unpaired) electrons. The Labute approximate surface area is 60.3 Å². The van der Waals surface area contributed by atoms with Gasteiger partial charge in [-0.2, -0.15) is 0 Å². The number of nitrogens with zero attached hydrogens (tertiary/aromatic N) is 1. The van der Waals surface area contributed by atoms with Crippen LogP contribution in [0, 0.1) is 0 Å². The van der Waals surface area contributed by atoms with Gasteiger partial charge in [0.2, 0.25) is 0 Å². The molecule has 1 aliphatic heterocycles. The van der Waals surface area contributed by atoms with Gasteiger partial charge >= 0.3 is 0 Å². The Kier molecular flexibility index (Phi) is 2.10. The normalized spacial score (nSPS) is 18.1. The second-order valence-corrected chi connectivity index (χ2v) is 2.13. The molecule has 1 aliphatic rings. The summed E-state index contributed by atoms with van der Waals surface area (Å²) in [5.41, 5.74) is 6.25. The van der Waals surface area contributed by atoms with Crippen molar-refractivity contribution < 1.29 is 0 Å². The minimum absolute atomic E-state index is 0.583. The lowest BCUT2D eigenvalue weighted by Gasteiger charge is -2.03. The highest BCUT2D eigenvalue weighted by atomic mass is 14.9. The van der Waals surface area contributed by atoms with Crippen LogP contribution in [0.2, 0.25) is 0 Å². The van der Waals surface area contributed by atoms with Crippen molar-refractivity contribution in [2.24, 2.45) is 10.7 Å². The Balaban J connectivity index is 2.64. The SMILES string of the molecule is CC(N)=NC1=CNCC=C1. The molecule has 0 aromatic heterocycles. The predicted octanol–water partition coefficient (Wildman–Crippen LogP) is 0.364. The van der Waals surface area contributed by atoms with Crippen molar-refractivity contribution in [2.75, 3.05) is 6.54 Å². The molecule has 3 heteroatoms. The molecule has 0 aromatic carbocycles. The first-order chi connectivity index (χ1) is 4.79. The van der Waals surface area contributed by atoms with E-state index < -0.39 is 0 Å². The van der Waals surface area contributed by atoms with E-state index in [1.807, 2.05) is 18.4 Å². The number of rotatable bonds is 1. The lowest BCUT2D eigenvalue weighted by Crippen LogP contribution is -2.11. The van der Waals surface area contributed by atoms with Gasteiger partial charge in [0.05, 0.1) is 11.5 Å². The first-order valence-electron chi connectivity index (χ1n) is 3.20. The summed E-state index contributed by atoms with van der Waals surface area (Å²) in [5, 5.41) is 3.03. The van der Waals surface area contributed by atoms with E-state index in [2.05, 4.69) is 10.3 Å². The Morgan fingerprint density at radius 2 is 2.60 bits per heavy atom. The number of hydrogen-bond donors (Lipinski definition) is 2. The molecule has 0 saturated heterocycles. The maximum Gasteiger partial charge on any atom is 0.0965 e. The number of hydrogen-bond acceptors (Lipinski definition) is 2. The average molecular weight is 137 g/mol. The van der Waals surface area contributed by atoms with Gasteiger partial charge in [-0.05, 0) is 13.0 Å². The monoisotopic (exact) mass is 137 g/mol. The van der Waals surface area contributed by atoms with Crippen molar-refractivity contribution in [2.45, 2.75) is 6.92 Å². The van der Waals surface area contributed by atoms with Crippen LogP contribution in [-0.2, 0) is 0 Å². The predicted molar refractivity (Wildman–Crippen MR) is 42.5 cm³/mol. The molecule has 3 N–H and O–H groups in total. The fraction of sp³-hybridized carbons (Fsp3) is 0.286. The van der Waals surface area contributed by atoms with Crippen LogP contribution < -0.4 is 11.1 Å². The van der Waals surface area contributed by atoms with Crippen LogP contribution in [0.15, 0.2) is 29.0 Å². The zero-order chi connectivity index (χ0) is 7.40. The summed E-state index contributed by atoms with van der Waals surface area (Å²) in [6, 6.07) is 0. The van der Waals surface area contributed by atoms with Crippen LogP contribution in [-0.4, -0.2) is 12.4 Å². The lowest BCUT2D eigenvalue weighted by atomic mass is 10.3. The van der Waals surface area contributed by atoms with E-state index in [1.54, 1.807) is 6.92 Å². The molecular weight excluding hydrogens is 126 g/mol. The van der Waals surface area contributed by atoms with Crippen LogP contribution >= 0.6 is 0 Å². The summed E-state index contributed by atoms with van der Waals surface area (Å²) in [4.78, 5) is 4.04. The largest absolute Gasteiger partial charge is 0.387 e. The van der Waals surface area contributed by atoms with E-state index in [4.69, 9.17) is 5.73 Å². The summed E-state index contributed by atoms with van der Waals surface area (Å²) in [5.74, 6) is 0.583. The first kappa shape index (κ1) is 6.86.